The molecular formula is C23H25F3N4O3. The topological polar surface area (TPSA) is 80.2 Å². The number of pyridine rings is 1. The molecule has 0 spiro atoms. The van der Waals surface area contributed by atoms with Crippen LogP contribution < -0.4 is 10.3 Å². The summed E-state index contributed by atoms with van der Waals surface area (Å²) in [6.45, 7) is 5.25. The molecule has 1 N–H and O–H groups in total. The molecule has 0 bridgehead atoms. The molecular weight excluding hydrogens is 437 g/mol. The van der Waals surface area contributed by atoms with E-state index in [2.05, 4.69) is 28.8 Å². The van der Waals surface area contributed by atoms with Gasteiger partial charge >= 0.3 is 6.36 Å². The average molecular weight is 462 g/mol. The van der Waals surface area contributed by atoms with Crippen molar-refractivity contribution in [3.63, 3.8) is 0 Å². The highest BCUT2D eigenvalue weighted by molar-refractivity contribution is 5.99. The third kappa shape index (κ3) is 4.60. The lowest BCUT2D eigenvalue weighted by molar-refractivity contribution is -0.274. The van der Waals surface area contributed by atoms with Crippen molar-refractivity contribution in [2.75, 3.05) is 13.1 Å². The van der Waals surface area contributed by atoms with Gasteiger partial charge in [-0.2, -0.15) is 5.10 Å². The van der Waals surface area contributed by atoms with Gasteiger partial charge in [0, 0.05) is 37.3 Å². The Labute approximate surface area is 188 Å². The molecule has 7 nitrogen and oxygen atoms in total. The predicted octanol–water partition coefficient (Wildman–Crippen LogP) is 4.34. The van der Waals surface area contributed by atoms with Crippen LogP contribution in [-0.4, -0.2) is 45.0 Å². The van der Waals surface area contributed by atoms with Gasteiger partial charge in [0.25, 0.3) is 11.5 Å². The van der Waals surface area contributed by atoms with Gasteiger partial charge in [-0.15, -0.1) is 13.2 Å². The van der Waals surface area contributed by atoms with E-state index in [9.17, 15) is 22.8 Å². The second kappa shape index (κ2) is 8.57. The van der Waals surface area contributed by atoms with Crippen LogP contribution in [0.2, 0.25) is 0 Å². The van der Waals surface area contributed by atoms with E-state index in [0.717, 1.165) is 12.8 Å². The summed E-state index contributed by atoms with van der Waals surface area (Å²) < 4.78 is 45.2. The fourth-order valence-electron chi connectivity index (χ4n) is 4.40. The maximum absolute atomic E-state index is 13.2. The number of fused-ring (bicyclic) bond motifs is 1. The number of likely N-dealkylation sites (tertiary alicyclic amines) is 1. The van der Waals surface area contributed by atoms with Crippen molar-refractivity contribution < 1.29 is 22.7 Å². The number of hydrogen-bond acceptors (Lipinski definition) is 4. The molecule has 0 saturated carbocycles. The fraction of sp³-hybridized carbons (Fsp3) is 0.435. The van der Waals surface area contributed by atoms with Crippen molar-refractivity contribution in [2.24, 2.45) is 18.9 Å². The first kappa shape index (κ1) is 22.9. The van der Waals surface area contributed by atoms with Gasteiger partial charge in [-0.05, 0) is 42.4 Å². The number of nitrogens with one attached hydrogen (secondary N) is 1. The van der Waals surface area contributed by atoms with Crippen molar-refractivity contribution in [2.45, 2.75) is 33.1 Å². The van der Waals surface area contributed by atoms with Crippen LogP contribution in [0, 0.1) is 11.8 Å². The lowest BCUT2D eigenvalue weighted by atomic mass is 9.86. The molecule has 0 aliphatic carbocycles. The van der Waals surface area contributed by atoms with Gasteiger partial charge in [0.15, 0.2) is 0 Å². The molecule has 3 aromatic rings. The summed E-state index contributed by atoms with van der Waals surface area (Å²) >= 11 is 0. The molecule has 4 rings (SSSR count). The van der Waals surface area contributed by atoms with Crippen LogP contribution in [0.15, 0.2) is 35.4 Å². The first-order valence-corrected chi connectivity index (χ1v) is 10.8. The molecule has 3 heterocycles. The van der Waals surface area contributed by atoms with Crippen molar-refractivity contribution in [1.29, 1.82) is 0 Å². The SMILES string of the molecule is CC(C)C1CCN(C(=O)c2ccc(-c3cn(C)c(=O)c4[nH]ncc34)cc2OC(F)(F)F)CC1. The van der Waals surface area contributed by atoms with Gasteiger partial charge in [0.2, 0.25) is 0 Å². The van der Waals surface area contributed by atoms with Crippen molar-refractivity contribution in [3.8, 4) is 16.9 Å². The molecule has 33 heavy (non-hydrogen) atoms. The fourth-order valence-corrected chi connectivity index (χ4v) is 4.40. The molecule has 0 atom stereocenters. The number of benzene rings is 1. The first-order valence-electron chi connectivity index (χ1n) is 10.8. The minimum Gasteiger partial charge on any atom is -0.405 e. The normalized spacial score (nSPS) is 15.4. The number of alkyl halides is 3. The number of carbonyl (C=O) groups excluding carboxylic acids is 1. The molecule has 10 heteroatoms. The number of carbonyl (C=O) groups is 1. The summed E-state index contributed by atoms with van der Waals surface area (Å²) in [5.74, 6) is -0.0740. The molecule has 176 valence electrons. The van der Waals surface area contributed by atoms with E-state index in [-0.39, 0.29) is 16.6 Å². The summed E-state index contributed by atoms with van der Waals surface area (Å²) in [6, 6.07) is 4.10. The van der Waals surface area contributed by atoms with Crippen LogP contribution in [0.25, 0.3) is 22.0 Å². The number of ether oxygens (including phenoxy) is 1. The number of rotatable bonds is 4. The Morgan fingerprint density at radius 3 is 2.58 bits per heavy atom. The molecule has 2 aromatic heterocycles. The van der Waals surface area contributed by atoms with Crippen LogP contribution in [0.3, 0.4) is 0 Å². The zero-order valence-electron chi connectivity index (χ0n) is 18.6. The van der Waals surface area contributed by atoms with Gasteiger partial charge in [0.1, 0.15) is 11.3 Å². The van der Waals surface area contributed by atoms with E-state index < -0.39 is 18.0 Å². The van der Waals surface area contributed by atoms with Crippen molar-refractivity contribution in [3.05, 3.63) is 46.5 Å². The number of piperidine rings is 1. The molecule has 0 radical (unpaired) electrons. The van der Waals surface area contributed by atoms with Crippen LogP contribution in [0.4, 0.5) is 13.2 Å². The number of H-pyrrole nitrogens is 1. The van der Waals surface area contributed by atoms with Gasteiger partial charge < -0.3 is 14.2 Å². The van der Waals surface area contributed by atoms with E-state index in [4.69, 9.17) is 0 Å². The van der Waals surface area contributed by atoms with Crippen LogP contribution in [0.1, 0.15) is 37.0 Å². The monoisotopic (exact) mass is 462 g/mol. The van der Waals surface area contributed by atoms with Crippen LogP contribution >= 0.6 is 0 Å². The summed E-state index contributed by atoms with van der Waals surface area (Å²) in [6.07, 6.45) is -0.382. The number of aromatic nitrogens is 3. The number of hydrogen-bond donors (Lipinski definition) is 1. The third-order valence-corrected chi connectivity index (χ3v) is 6.30. The van der Waals surface area contributed by atoms with E-state index >= 15 is 0 Å². The summed E-state index contributed by atoms with van der Waals surface area (Å²) in [5.41, 5.74) is 0.638. The summed E-state index contributed by atoms with van der Waals surface area (Å²) in [5, 5.41) is 6.97. The van der Waals surface area contributed by atoms with Crippen LogP contribution in [0.5, 0.6) is 5.75 Å². The molecule has 1 saturated heterocycles. The van der Waals surface area contributed by atoms with Gasteiger partial charge in [0.05, 0.1) is 11.8 Å². The quantitative estimate of drug-likeness (QED) is 0.626. The lowest BCUT2D eigenvalue weighted by Gasteiger charge is -2.34. The van der Waals surface area contributed by atoms with Gasteiger partial charge in [-0.1, -0.05) is 19.9 Å². The van der Waals surface area contributed by atoms with Gasteiger partial charge in [-0.25, -0.2) is 0 Å². The molecule has 1 aromatic carbocycles. The number of aromatic amines is 1. The Hall–Kier alpha value is -3.30. The Balaban J connectivity index is 1.73. The van der Waals surface area contributed by atoms with Crippen molar-refractivity contribution >= 4 is 16.8 Å². The zero-order valence-corrected chi connectivity index (χ0v) is 18.6. The smallest absolute Gasteiger partial charge is 0.405 e. The maximum atomic E-state index is 13.2. The molecule has 1 aliphatic rings. The highest BCUT2D eigenvalue weighted by atomic mass is 19.4. The Morgan fingerprint density at radius 1 is 1.24 bits per heavy atom. The minimum atomic E-state index is -4.97. The van der Waals surface area contributed by atoms with Gasteiger partial charge in [-0.3, -0.25) is 14.7 Å². The highest BCUT2D eigenvalue weighted by Gasteiger charge is 2.34. The Kier molecular flexibility index (Phi) is 5.94. The second-order valence-electron chi connectivity index (χ2n) is 8.75. The first-order chi connectivity index (χ1) is 15.5. The highest BCUT2D eigenvalue weighted by Crippen LogP contribution is 2.35. The molecule has 0 unspecified atom stereocenters. The largest absolute Gasteiger partial charge is 0.573 e. The van der Waals surface area contributed by atoms with E-state index in [1.807, 2.05) is 0 Å². The van der Waals surface area contributed by atoms with Crippen molar-refractivity contribution in [1.82, 2.24) is 19.7 Å². The van der Waals surface area contributed by atoms with Crippen LogP contribution in [-0.2, 0) is 7.05 Å². The van der Waals surface area contributed by atoms with E-state index in [1.165, 1.54) is 36.1 Å². The Bertz CT molecular complexity index is 1240. The number of amides is 1. The second-order valence-corrected chi connectivity index (χ2v) is 8.75. The average Bonchev–Trinajstić information content (AvgIpc) is 3.25. The van der Waals surface area contributed by atoms with E-state index in [1.54, 1.807) is 11.0 Å². The number of aryl methyl sites for hydroxylation is 1. The lowest BCUT2D eigenvalue weighted by Crippen LogP contribution is -2.39. The standard InChI is InChI=1S/C23H25F3N4O3/c1-13(2)14-6-8-30(9-7-14)21(31)16-5-4-15(10-19(16)33-23(24,25)26)18-12-29(3)22(32)20-17(18)11-27-28-20/h4-5,10-14H,6-9H2,1-3H3,(H,27,28). The molecule has 1 fully saturated rings. The zero-order chi connectivity index (χ0) is 23.9. The minimum absolute atomic E-state index is 0.146. The molecule has 1 aliphatic heterocycles. The third-order valence-electron chi connectivity index (χ3n) is 6.30. The number of halogens is 3. The maximum Gasteiger partial charge on any atom is 0.573 e. The number of nitrogens with zero attached hydrogens (tertiary/aromatic N) is 3. The Morgan fingerprint density at radius 2 is 1.94 bits per heavy atom. The molecule has 1 amide bonds. The van der Waals surface area contributed by atoms with E-state index in [0.29, 0.717) is 41.4 Å². The summed E-state index contributed by atoms with van der Waals surface area (Å²) in [7, 11) is 1.54. The summed E-state index contributed by atoms with van der Waals surface area (Å²) in [4.78, 5) is 27.0. The predicted molar refractivity (Wildman–Crippen MR) is 117 cm³/mol.